The number of nitrogens with zero attached hydrogens (tertiary/aromatic N) is 4. The minimum atomic E-state index is 0.0299. The molecule has 1 N–H and O–H groups in total. The first kappa shape index (κ1) is 23.8. The zero-order valence-corrected chi connectivity index (χ0v) is 20.9. The Morgan fingerprint density at radius 2 is 1.86 bits per heavy atom. The fourth-order valence-corrected chi connectivity index (χ4v) is 5.21. The summed E-state index contributed by atoms with van der Waals surface area (Å²) in [6.45, 7) is 7.42. The number of hydrogen-bond donors (Lipinski definition) is 1. The molecule has 2 aromatic carbocycles. The van der Waals surface area contributed by atoms with Gasteiger partial charge in [-0.05, 0) is 56.3 Å². The van der Waals surface area contributed by atoms with Crippen molar-refractivity contribution >= 4 is 23.5 Å². The second-order valence-electron chi connectivity index (χ2n) is 9.76. The summed E-state index contributed by atoms with van der Waals surface area (Å²) in [6, 6.07) is 16.7. The normalized spacial score (nSPS) is 19.3. The van der Waals surface area contributed by atoms with Gasteiger partial charge in [0, 0.05) is 44.2 Å². The topological polar surface area (TPSA) is 74.5 Å². The van der Waals surface area contributed by atoms with Gasteiger partial charge in [-0.15, -0.1) is 0 Å². The van der Waals surface area contributed by atoms with Crippen molar-refractivity contribution in [2.24, 2.45) is 11.8 Å². The molecule has 3 aromatic rings. The molecular weight excluding hydrogens is 462 g/mol. The Morgan fingerprint density at radius 1 is 1.09 bits per heavy atom. The second kappa shape index (κ2) is 10.8. The Hall–Kier alpha value is -2.90. The molecule has 1 atom stereocenters. The smallest absolute Gasteiger partial charge is 0.324 e. The van der Waals surface area contributed by atoms with Gasteiger partial charge < -0.3 is 14.7 Å². The van der Waals surface area contributed by atoms with Gasteiger partial charge in [0.1, 0.15) is 0 Å². The van der Waals surface area contributed by atoms with Crippen LogP contribution in [0.1, 0.15) is 30.4 Å². The van der Waals surface area contributed by atoms with E-state index in [9.17, 15) is 4.79 Å². The number of benzene rings is 2. The highest BCUT2D eigenvalue weighted by molar-refractivity contribution is 6.33. The van der Waals surface area contributed by atoms with Crippen LogP contribution in [0.3, 0.4) is 0 Å². The predicted octanol–water partition coefficient (Wildman–Crippen LogP) is 4.55. The van der Waals surface area contributed by atoms with Crippen molar-refractivity contribution in [3.8, 4) is 11.4 Å². The summed E-state index contributed by atoms with van der Waals surface area (Å²) in [4.78, 5) is 21.9. The number of amides is 1. The molecule has 1 unspecified atom stereocenters. The molecule has 0 saturated carbocycles. The van der Waals surface area contributed by atoms with Crippen molar-refractivity contribution in [3.05, 3.63) is 64.7 Å². The third kappa shape index (κ3) is 5.85. The Bertz CT molecular complexity index is 1140. The highest BCUT2D eigenvalue weighted by atomic mass is 35.5. The third-order valence-corrected chi connectivity index (χ3v) is 7.46. The van der Waals surface area contributed by atoms with Gasteiger partial charge in [-0.1, -0.05) is 58.7 Å². The number of nitrogens with one attached hydrogen (secondary N) is 1. The number of halogens is 1. The van der Waals surface area contributed by atoms with Crippen LogP contribution in [0.4, 0.5) is 6.01 Å². The van der Waals surface area contributed by atoms with Crippen molar-refractivity contribution in [2.75, 3.05) is 37.6 Å². The molecule has 2 fully saturated rings. The maximum atomic E-state index is 12.8. The van der Waals surface area contributed by atoms with Crippen LogP contribution < -0.4 is 10.2 Å². The van der Waals surface area contributed by atoms with Crippen LogP contribution in [0.25, 0.3) is 11.4 Å². The van der Waals surface area contributed by atoms with Gasteiger partial charge in [0.15, 0.2) is 0 Å². The van der Waals surface area contributed by atoms with Crippen LogP contribution in [0, 0.1) is 18.8 Å². The van der Waals surface area contributed by atoms with Gasteiger partial charge >= 0.3 is 6.01 Å². The van der Waals surface area contributed by atoms with E-state index in [4.69, 9.17) is 16.1 Å². The van der Waals surface area contributed by atoms with E-state index >= 15 is 0 Å². The summed E-state index contributed by atoms with van der Waals surface area (Å²) < 4.78 is 5.48. The molecule has 5 rings (SSSR count). The number of hydrogen-bond acceptors (Lipinski definition) is 6. The first-order valence-corrected chi connectivity index (χ1v) is 12.8. The highest BCUT2D eigenvalue weighted by Crippen LogP contribution is 2.28. The average molecular weight is 494 g/mol. The minimum Gasteiger partial charge on any atom is -0.356 e. The standard InChI is InChI=1S/C27H32ClN5O2/c1-19-6-8-20(9-7-19)17-32-13-10-21(18-32)16-29-26(34)22-11-14-33(15-12-22)27-30-25(31-35-27)23-4-2-3-5-24(23)28/h2-9,21-22H,10-18H2,1H3,(H,29,34). The number of rotatable bonds is 7. The SMILES string of the molecule is Cc1ccc(CN2CCC(CNC(=O)C3CCN(c4nc(-c5ccccc5Cl)no4)CC3)C2)cc1. The third-order valence-electron chi connectivity index (χ3n) is 7.13. The fourth-order valence-electron chi connectivity index (χ4n) is 4.99. The van der Waals surface area contributed by atoms with Crippen LogP contribution in [0.15, 0.2) is 53.1 Å². The van der Waals surface area contributed by atoms with Gasteiger partial charge in [-0.2, -0.15) is 4.98 Å². The molecule has 35 heavy (non-hydrogen) atoms. The van der Waals surface area contributed by atoms with Gasteiger partial charge in [0.05, 0.1) is 5.02 Å². The first-order chi connectivity index (χ1) is 17.0. The summed E-state index contributed by atoms with van der Waals surface area (Å²) >= 11 is 6.25. The first-order valence-electron chi connectivity index (χ1n) is 12.4. The van der Waals surface area contributed by atoms with Gasteiger partial charge in [0.2, 0.25) is 11.7 Å². The van der Waals surface area contributed by atoms with Gasteiger partial charge in [0.25, 0.3) is 0 Å². The molecule has 0 radical (unpaired) electrons. The summed E-state index contributed by atoms with van der Waals surface area (Å²) in [5, 5.41) is 7.91. The molecule has 3 heterocycles. The lowest BCUT2D eigenvalue weighted by Gasteiger charge is -2.30. The summed E-state index contributed by atoms with van der Waals surface area (Å²) in [5.74, 6) is 1.20. The summed E-state index contributed by atoms with van der Waals surface area (Å²) in [6.07, 6.45) is 2.69. The van der Waals surface area contributed by atoms with Gasteiger partial charge in [-0.25, -0.2) is 0 Å². The number of anilines is 1. The van der Waals surface area contributed by atoms with Crippen LogP contribution in [0.5, 0.6) is 0 Å². The molecule has 2 aliphatic heterocycles. The summed E-state index contributed by atoms with van der Waals surface area (Å²) in [5.41, 5.74) is 3.40. The largest absolute Gasteiger partial charge is 0.356 e. The Kier molecular flexibility index (Phi) is 7.35. The van der Waals surface area contributed by atoms with Crippen molar-refractivity contribution < 1.29 is 9.32 Å². The number of aryl methyl sites for hydroxylation is 1. The van der Waals surface area contributed by atoms with E-state index in [1.807, 2.05) is 24.3 Å². The Morgan fingerprint density at radius 3 is 2.63 bits per heavy atom. The fraction of sp³-hybridized carbons (Fsp3) is 0.444. The van der Waals surface area contributed by atoms with E-state index in [-0.39, 0.29) is 11.8 Å². The van der Waals surface area contributed by atoms with E-state index in [0.717, 1.165) is 64.1 Å². The minimum absolute atomic E-state index is 0.0299. The number of piperidine rings is 1. The van der Waals surface area contributed by atoms with Crippen molar-refractivity contribution in [3.63, 3.8) is 0 Å². The second-order valence-corrected chi connectivity index (χ2v) is 10.2. The van der Waals surface area contributed by atoms with Crippen molar-refractivity contribution in [1.82, 2.24) is 20.4 Å². The maximum Gasteiger partial charge on any atom is 0.324 e. The lowest BCUT2D eigenvalue weighted by Crippen LogP contribution is -2.42. The number of carbonyl (C=O) groups is 1. The van der Waals surface area contributed by atoms with Crippen molar-refractivity contribution in [2.45, 2.75) is 32.7 Å². The molecule has 2 saturated heterocycles. The molecule has 2 aliphatic rings. The molecule has 1 amide bonds. The van der Waals surface area contributed by atoms with Crippen LogP contribution in [-0.4, -0.2) is 53.7 Å². The quantitative estimate of drug-likeness (QED) is 0.520. The molecule has 0 spiro atoms. The van der Waals surface area contributed by atoms with Crippen LogP contribution in [0.2, 0.25) is 5.02 Å². The lowest BCUT2D eigenvalue weighted by molar-refractivity contribution is -0.125. The maximum absolute atomic E-state index is 12.8. The molecule has 8 heteroatoms. The van der Waals surface area contributed by atoms with E-state index in [0.29, 0.717) is 22.8 Å². The zero-order chi connectivity index (χ0) is 24.2. The molecule has 7 nitrogen and oxygen atoms in total. The highest BCUT2D eigenvalue weighted by Gasteiger charge is 2.29. The van der Waals surface area contributed by atoms with Crippen molar-refractivity contribution in [1.29, 1.82) is 0 Å². The number of carbonyl (C=O) groups excluding carboxylic acids is 1. The molecule has 184 valence electrons. The average Bonchev–Trinajstić information content (AvgIpc) is 3.54. The molecule has 1 aromatic heterocycles. The van der Waals surface area contributed by atoms with E-state index in [2.05, 4.69) is 56.4 Å². The molecular formula is C27H32ClN5O2. The molecule has 0 aliphatic carbocycles. The van der Waals surface area contributed by atoms with E-state index in [1.165, 1.54) is 11.1 Å². The predicted molar refractivity (Wildman–Crippen MR) is 137 cm³/mol. The number of aromatic nitrogens is 2. The van der Waals surface area contributed by atoms with E-state index < -0.39 is 0 Å². The lowest BCUT2D eigenvalue weighted by atomic mass is 9.96. The summed E-state index contributed by atoms with van der Waals surface area (Å²) in [7, 11) is 0. The van der Waals surface area contributed by atoms with Gasteiger partial charge in [-0.3, -0.25) is 9.69 Å². The Labute approximate surface area is 211 Å². The van der Waals surface area contributed by atoms with Crippen LogP contribution in [-0.2, 0) is 11.3 Å². The Balaban J connectivity index is 1.05. The zero-order valence-electron chi connectivity index (χ0n) is 20.1. The van der Waals surface area contributed by atoms with Crippen LogP contribution >= 0.6 is 11.6 Å². The number of likely N-dealkylation sites (tertiary alicyclic amines) is 1. The van der Waals surface area contributed by atoms with E-state index in [1.54, 1.807) is 0 Å². The monoisotopic (exact) mass is 493 g/mol. The molecule has 0 bridgehead atoms.